The number of nitrogens with zero attached hydrogens (tertiary/aromatic N) is 2. The lowest BCUT2D eigenvalue weighted by atomic mass is 10.1. The van der Waals surface area contributed by atoms with Crippen molar-refractivity contribution in [2.24, 2.45) is 4.99 Å². The molecule has 0 bridgehead atoms. The van der Waals surface area contributed by atoms with Crippen LogP contribution in [-0.2, 0) is 6.54 Å². The molecule has 4 nitrogen and oxygen atoms in total. The Morgan fingerprint density at radius 1 is 1.08 bits per heavy atom. The summed E-state index contributed by atoms with van der Waals surface area (Å²) in [7, 11) is 1.78. The fourth-order valence-corrected chi connectivity index (χ4v) is 3.33. The van der Waals surface area contributed by atoms with Crippen molar-refractivity contribution in [3.8, 4) is 10.6 Å². The lowest BCUT2D eigenvalue weighted by Crippen LogP contribution is -2.38. The van der Waals surface area contributed by atoms with Crippen molar-refractivity contribution in [1.82, 2.24) is 15.6 Å². The largest absolute Gasteiger partial charge is 0.351 e. The van der Waals surface area contributed by atoms with Gasteiger partial charge in [-0.15, -0.1) is 11.3 Å². The Hall–Kier alpha value is -2.66. The molecule has 3 aromatic rings. The highest BCUT2D eigenvalue weighted by molar-refractivity contribution is 7.13. The second kappa shape index (κ2) is 8.44. The maximum absolute atomic E-state index is 4.70. The number of rotatable bonds is 5. The van der Waals surface area contributed by atoms with Gasteiger partial charge in [-0.3, -0.25) is 4.99 Å². The van der Waals surface area contributed by atoms with Gasteiger partial charge in [0.1, 0.15) is 5.01 Å². The quantitative estimate of drug-likeness (QED) is 0.535. The van der Waals surface area contributed by atoms with Gasteiger partial charge in [0, 0.05) is 18.0 Å². The van der Waals surface area contributed by atoms with E-state index in [2.05, 4.69) is 52.2 Å². The molecule has 0 aliphatic carbocycles. The van der Waals surface area contributed by atoms with Gasteiger partial charge in [-0.05, 0) is 12.5 Å². The molecular weight excluding hydrogens is 328 g/mol. The Bertz CT molecular complexity index is 812. The van der Waals surface area contributed by atoms with E-state index in [1.165, 1.54) is 5.56 Å². The van der Waals surface area contributed by atoms with Crippen molar-refractivity contribution in [2.75, 3.05) is 7.05 Å². The van der Waals surface area contributed by atoms with Crippen LogP contribution in [-0.4, -0.2) is 18.0 Å². The van der Waals surface area contributed by atoms with Crippen LogP contribution in [0.5, 0.6) is 0 Å². The maximum Gasteiger partial charge on any atom is 0.191 e. The molecule has 0 fully saturated rings. The van der Waals surface area contributed by atoms with Crippen molar-refractivity contribution >= 4 is 17.3 Å². The fraction of sp³-hybridized carbons (Fsp3) is 0.200. The number of benzene rings is 2. The highest BCUT2D eigenvalue weighted by Gasteiger charge is 2.08. The summed E-state index contributed by atoms with van der Waals surface area (Å²) in [4.78, 5) is 9.00. The first kappa shape index (κ1) is 17.2. The molecule has 0 saturated carbocycles. The molecule has 25 heavy (non-hydrogen) atoms. The molecule has 2 aromatic carbocycles. The van der Waals surface area contributed by atoms with Gasteiger partial charge in [-0.1, -0.05) is 60.7 Å². The fourth-order valence-electron chi connectivity index (χ4n) is 2.50. The van der Waals surface area contributed by atoms with Crippen LogP contribution in [0.25, 0.3) is 10.6 Å². The van der Waals surface area contributed by atoms with Crippen LogP contribution in [0.4, 0.5) is 0 Å². The first-order chi connectivity index (χ1) is 12.3. The minimum absolute atomic E-state index is 0.183. The van der Waals surface area contributed by atoms with Crippen LogP contribution < -0.4 is 10.6 Å². The third kappa shape index (κ3) is 4.67. The first-order valence-electron chi connectivity index (χ1n) is 8.28. The average molecular weight is 350 g/mol. The zero-order valence-corrected chi connectivity index (χ0v) is 15.3. The third-order valence-corrected chi connectivity index (χ3v) is 4.83. The van der Waals surface area contributed by atoms with Crippen LogP contribution in [0.3, 0.4) is 0 Å². The number of hydrogen-bond acceptors (Lipinski definition) is 3. The van der Waals surface area contributed by atoms with E-state index in [9.17, 15) is 0 Å². The molecule has 1 atom stereocenters. The van der Waals surface area contributed by atoms with Crippen LogP contribution >= 0.6 is 11.3 Å². The zero-order valence-electron chi connectivity index (χ0n) is 14.4. The van der Waals surface area contributed by atoms with E-state index < -0.39 is 0 Å². The van der Waals surface area contributed by atoms with E-state index in [4.69, 9.17) is 4.98 Å². The van der Waals surface area contributed by atoms with E-state index in [1.54, 1.807) is 18.4 Å². The van der Waals surface area contributed by atoms with Crippen molar-refractivity contribution in [3.63, 3.8) is 0 Å². The third-order valence-electron chi connectivity index (χ3n) is 3.89. The van der Waals surface area contributed by atoms with Crippen molar-refractivity contribution < 1.29 is 0 Å². The summed E-state index contributed by atoms with van der Waals surface area (Å²) in [5, 5.41) is 9.87. The number of hydrogen-bond donors (Lipinski definition) is 2. The molecule has 0 aliphatic rings. The first-order valence-corrected chi connectivity index (χ1v) is 9.16. The van der Waals surface area contributed by atoms with Gasteiger partial charge in [-0.2, -0.15) is 0 Å². The summed E-state index contributed by atoms with van der Waals surface area (Å²) < 4.78 is 0. The Morgan fingerprint density at radius 2 is 1.76 bits per heavy atom. The normalized spacial score (nSPS) is 12.6. The predicted octanol–water partition coefficient (Wildman–Crippen LogP) is 4.24. The van der Waals surface area contributed by atoms with Crippen LogP contribution in [0.15, 0.2) is 71.0 Å². The number of aromatic nitrogens is 1. The summed E-state index contributed by atoms with van der Waals surface area (Å²) in [6.07, 6.45) is 0. The minimum atomic E-state index is 0.183. The van der Waals surface area contributed by atoms with Crippen molar-refractivity contribution in [3.05, 3.63) is 77.3 Å². The van der Waals surface area contributed by atoms with E-state index >= 15 is 0 Å². The summed E-state index contributed by atoms with van der Waals surface area (Å²) >= 11 is 1.66. The highest BCUT2D eigenvalue weighted by atomic mass is 32.1. The average Bonchev–Trinajstić information content (AvgIpc) is 3.15. The Labute approximate surface area is 152 Å². The molecule has 0 saturated heterocycles. The van der Waals surface area contributed by atoms with Gasteiger partial charge in [0.2, 0.25) is 0 Å². The topological polar surface area (TPSA) is 49.3 Å². The molecule has 1 heterocycles. The van der Waals surface area contributed by atoms with Crippen LogP contribution in [0, 0.1) is 0 Å². The van der Waals surface area contributed by atoms with Crippen LogP contribution in [0.1, 0.15) is 24.2 Å². The molecule has 1 aromatic heterocycles. The highest BCUT2D eigenvalue weighted by Crippen LogP contribution is 2.23. The van der Waals surface area contributed by atoms with Gasteiger partial charge in [0.15, 0.2) is 5.96 Å². The molecule has 2 N–H and O–H groups in total. The number of nitrogens with one attached hydrogen (secondary N) is 2. The molecular formula is C20H22N4S. The molecule has 1 unspecified atom stereocenters. The van der Waals surface area contributed by atoms with Crippen LogP contribution in [0.2, 0.25) is 0 Å². The van der Waals surface area contributed by atoms with E-state index in [0.29, 0.717) is 6.54 Å². The van der Waals surface area contributed by atoms with Gasteiger partial charge in [0.25, 0.3) is 0 Å². The monoisotopic (exact) mass is 350 g/mol. The smallest absolute Gasteiger partial charge is 0.191 e. The number of guanidine groups is 1. The lowest BCUT2D eigenvalue weighted by Gasteiger charge is -2.17. The standard InChI is InChI=1S/C20H22N4S/c1-15(16-9-5-3-6-10-16)23-20(21-2)22-13-18-14-25-19(24-18)17-11-7-4-8-12-17/h3-12,14-15H,13H2,1-2H3,(H2,21,22,23). The number of thiazole rings is 1. The second-order valence-corrected chi connectivity index (χ2v) is 6.57. The van der Waals surface area contributed by atoms with Gasteiger partial charge < -0.3 is 10.6 Å². The summed E-state index contributed by atoms with van der Waals surface area (Å²) in [5.41, 5.74) is 3.39. The second-order valence-electron chi connectivity index (χ2n) is 5.71. The molecule has 5 heteroatoms. The lowest BCUT2D eigenvalue weighted by molar-refractivity contribution is 0.683. The van der Waals surface area contributed by atoms with Gasteiger partial charge >= 0.3 is 0 Å². The van der Waals surface area contributed by atoms with Crippen molar-refractivity contribution in [1.29, 1.82) is 0 Å². The number of aliphatic imine (C=N–C) groups is 1. The molecule has 0 amide bonds. The Balaban J connectivity index is 1.58. The zero-order chi connectivity index (χ0) is 17.5. The maximum atomic E-state index is 4.70. The predicted molar refractivity (Wildman–Crippen MR) is 106 cm³/mol. The van der Waals surface area contributed by atoms with Gasteiger partial charge in [0.05, 0.1) is 18.3 Å². The SMILES string of the molecule is CN=C(NCc1csc(-c2ccccc2)n1)NC(C)c1ccccc1. The van der Waals surface area contributed by atoms with E-state index in [0.717, 1.165) is 22.2 Å². The van der Waals surface area contributed by atoms with E-state index in [1.807, 2.05) is 36.4 Å². The minimum Gasteiger partial charge on any atom is -0.351 e. The Morgan fingerprint density at radius 3 is 2.44 bits per heavy atom. The van der Waals surface area contributed by atoms with Crippen molar-refractivity contribution in [2.45, 2.75) is 19.5 Å². The molecule has 3 rings (SSSR count). The van der Waals surface area contributed by atoms with Gasteiger partial charge in [-0.25, -0.2) is 4.98 Å². The van der Waals surface area contributed by atoms with E-state index in [-0.39, 0.29) is 6.04 Å². The summed E-state index contributed by atoms with van der Waals surface area (Å²) in [5.74, 6) is 0.769. The molecule has 0 spiro atoms. The summed E-state index contributed by atoms with van der Waals surface area (Å²) in [6, 6.07) is 20.8. The molecule has 0 radical (unpaired) electrons. The molecule has 0 aliphatic heterocycles. The molecule has 128 valence electrons. The Kier molecular flexibility index (Phi) is 5.80. The summed E-state index contributed by atoms with van der Waals surface area (Å²) in [6.45, 7) is 2.77.